The van der Waals surface area contributed by atoms with Crippen molar-refractivity contribution in [1.29, 1.82) is 0 Å². The fourth-order valence-corrected chi connectivity index (χ4v) is 3.06. The third kappa shape index (κ3) is 3.49. The fraction of sp³-hybridized carbons (Fsp3) is 0.211. The van der Waals surface area contributed by atoms with E-state index in [2.05, 4.69) is 20.9 Å². The van der Waals surface area contributed by atoms with Crippen LogP contribution in [0.15, 0.2) is 51.7 Å². The van der Waals surface area contributed by atoms with Crippen LogP contribution < -0.4 is 5.56 Å². The third-order valence-corrected chi connectivity index (χ3v) is 4.48. The molecule has 1 heterocycles. The smallest absolute Gasteiger partial charge is 0.338 e. The molecule has 0 spiro atoms. The summed E-state index contributed by atoms with van der Waals surface area (Å²) in [6.07, 6.45) is 0.368. The molecule has 0 saturated heterocycles. The lowest BCUT2D eigenvalue weighted by atomic mass is 10.0. The maximum atomic E-state index is 12.6. The van der Waals surface area contributed by atoms with Crippen molar-refractivity contribution < 1.29 is 9.53 Å². The molecule has 0 fully saturated rings. The van der Waals surface area contributed by atoms with Gasteiger partial charge in [0.05, 0.1) is 23.1 Å². The molecule has 0 bridgehead atoms. The Kier molecular flexibility index (Phi) is 4.99. The maximum absolute atomic E-state index is 12.6. The molecule has 5 nitrogen and oxygen atoms in total. The number of nitrogens with zero attached hydrogens (tertiary/aromatic N) is 2. The van der Waals surface area contributed by atoms with Crippen molar-refractivity contribution in [3.05, 3.63) is 74.2 Å². The number of aromatic nitrogens is 2. The van der Waals surface area contributed by atoms with E-state index in [9.17, 15) is 9.59 Å². The highest BCUT2D eigenvalue weighted by Crippen LogP contribution is 2.18. The molecule has 0 radical (unpaired) electrons. The van der Waals surface area contributed by atoms with Gasteiger partial charge in [-0.05, 0) is 36.8 Å². The Bertz CT molecular complexity index is 1010. The number of esters is 1. The summed E-state index contributed by atoms with van der Waals surface area (Å²) in [6.45, 7) is 2.09. The quantitative estimate of drug-likeness (QED) is 0.629. The van der Waals surface area contributed by atoms with Crippen LogP contribution in [0.25, 0.3) is 10.9 Å². The first-order valence-corrected chi connectivity index (χ1v) is 8.70. The van der Waals surface area contributed by atoms with Crippen molar-refractivity contribution >= 4 is 32.8 Å². The molecule has 0 aliphatic rings. The van der Waals surface area contributed by atoms with Gasteiger partial charge in [0.1, 0.15) is 5.82 Å². The Morgan fingerprint density at radius 3 is 2.76 bits per heavy atom. The van der Waals surface area contributed by atoms with Crippen LogP contribution in [0.1, 0.15) is 28.7 Å². The molecule has 3 rings (SSSR count). The van der Waals surface area contributed by atoms with E-state index in [0.29, 0.717) is 35.3 Å². The van der Waals surface area contributed by atoms with E-state index in [1.54, 1.807) is 32.2 Å². The zero-order chi connectivity index (χ0) is 18.0. The van der Waals surface area contributed by atoms with Crippen LogP contribution in [-0.4, -0.2) is 22.1 Å². The number of benzene rings is 2. The van der Waals surface area contributed by atoms with Crippen LogP contribution in [0.5, 0.6) is 0 Å². The number of hydrogen-bond donors (Lipinski definition) is 0. The van der Waals surface area contributed by atoms with Gasteiger partial charge in [-0.25, -0.2) is 9.78 Å². The van der Waals surface area contributed by atoms with E-state index in [4.69, 9.17) is 4.74 Å². The van der Waals surface area contributed by atoms with Crippen molar-refractivity contribution in [3.63, 3.8) is 0 Å². The van der Waals surface area contributed by atoms with Crippen molar-refractivity contribution in [1.82, 2.24) is 9.55 Å². The van der Waals surface area contributed by atoms with Gasteiger partial charge < -0.3 is 4.74 Å². The van der Waals surface area contributed by atoms with Gasteiger partial charge >= 0.3 is 5.97 Å². The summed E-state index contributed by atoms with van der Waals surface area (Å²) < 4.78 is 7.47. The zero-order valence-corrected chi connectivity index (χ0v) is 15.5. The van der Waals surface area contributed by atoms with Crippen LogP contribution in [0.3, 0.4) is 0 Å². The molecule has 0 N–H and O–H groups in total. The van der Waals surface area contributed by atoms with Crippen molar-refractivity contribution in [2.75, 3.05) is 6.61 Å². The molecule has 6 heteroatoms. The summed E-state index contributed by atoms with van der Waals surface area (Å²) in [5.74, 6) is 0.226. The molecular formula is C19H17BrN2O3. The second-order valence-electron chi connectivity index (χ2n) is 5.61. The standard InChI is InChI=1S/C19H17BrN2O3/c1-3-25-19(24)14-7-5-4-6-12(14)10-17-21-16-9-8-13(20)11-15(16)18(23)22(17)2/h4-9,11H,3,10H2,1-2H3. The lowest BCUT2D eigenvalue weighted by Gasteiger charge is -2.12. The number of carbonyl (C=O) groups excluding carboxylic acids is 1. The number of hydrogen-bond acceptors (Lipinski definition) is 4. The summed E-state index contributed by atoms with van der Waals surface area (Å²) in [5.41, 5.74) is 1.79. The van der Waals surface area contributed by atoms with Gasteiger partial charge in [0.2, 0.25) is 0 Å². The summed E-state index contributed by atoms with van der Waals surface area (Å²) >= 11 is 3.38. The monoisotopic (exact) mass is 400 g/mol. The van der Waals surface area contributed by atoms with Crippen molar-refractivity contribution in [2.24, 2.45) is 7.05 Å². The molecule has 0 saturated carbocycles. The number of ether oxygens (including phenoxy) is 1. The van der Waals surface area contributed by atoms with E-state index in [1.807, 2.05) is 24.3 Å². The van der Waals surface area contributed by atoms with Crippen LogP contribution >= 0.6 is 15.9 Å². The average Bonchev–Trinajstić information content (AvgIpc) is 2.61. The topological polar surface area (TPSA) is 61.2 Å². The third-order valence-electron chi connectivity index (χ3n) is 3.99. The highest BCUT2D eigenvalue weighted by molar-refractivity contribution is 9.10. The minimum absolute atomic E-state index is 0.116. The lowest BCUT2D eigenvalue weighted by Crippen LogP contribution is -2.23. The average molecular weight is 401 g/mol. The number of rotatable bonds is 4. The normalized spacial score (nSPS) is 10.8. The minimum atomic E-state index is -0.368. The molecule has 25 heavy (non-hydrogen) atoms. The second-order valence-corrected chi connectivity index (χ2v) is 6.52. The molecule has 0 aliphatic heterocycles. The Morgan fingerprint density at radius 1 is 1.24 bits per heavy atom. The Morgan fingerprint density at radius 2 is 2.00 bits per heavy atom. The van der Waals surface area contributed by atoms with E-state index in [1.165, 1.54) is 4.57 Å². The first-order valence-electron chi connectivity index (χ1n) is 7.91. The van der Waals surface area contributed by atoms with E-state index >= 15 is 0 Å². The van der Waals surface area contributed by atoms with Gasteiger partial charge in [-0.15, -0.1) is 0 Å². The van der Waals surface area contributed by atoms with Gasteiger partial charge in [0.25, 0.3) is 5.56 Å². The number of fused-ring (bicyclic) bond motifs is 1. The van der Waals surface area contributed by atoms with Crippen molar-refractivity contribution in [2.45, 2.75) is 13.3 Å². The molecule has 128 valence electrons. The maximum Gasteiger partial charge on any atom is 0.338 e. The van der Waals surface area contributed by atoms with Crippen LogP contribution in [0.4, 0.5) is 0 Å². The molecule has 1 aromatic heterocycles. The SMILES string of the molecule is CCOC(=O)c1ccccc1Cc1nc2ccc(Br)cc2c(=O)n1C. The van der Waals surface area contributed by atoms with Crippen LogP contribution in [0, 0.1) is 0 Å². The molecule has 0 unspecified atom stereocenters. The summed E-state index contributed by atoms with van der Waals surface area (Å²) in [5, 5.41) is 0.555. The van der Waals surface area contributed by atoms with Gasteiger partial charge in [0, 0.05) is 17.9 Å². The first kappa shape index (κ1) is 17.4. The zero-order valence-electron chi connectivity index (χ0n) is 14.0. The van der Waals surface area contributed by atoms with Gasteiger partial charge in [0.15, 0.2) is 0 Å². The predicted octanol–water partition coefficient (Wildman–Crippen LogP) is 3.46. The molecular weight excluding hydrogens is 384 g/mol. The number of halogens is 1. The van der Waals surface area contributed by atoms with Crippen LogP contribution in [0.2, 0.25) is 0 Å². The van der Waals surface area contributed by atoms with Gasteiger partial charge in [-0.1, -0.05) is 34.1 Å². The Hall–Kier alpha value is -2.47. The number of carbonyl (C=O) groups is 1. The highest BCUT2D eigenvalue weighted by Gasteiger charge is 2.15. The molecule has 2 aromatic carbocycles. The second kappa shape index (κ2) is 7.19. The minimum Gasteiger partial charge on any atom is -0.462 e. The van der Waals surface area contributed by atoms with E-state index in [0.717, 1.165) is 10.0 Å². The molecule has 0 amide bonds. The summed E-state index contributed by atoms with van der Waals surface area (Å²) in [6, 6.07) is 12.6. The van der Waals surface area contributed by atoms with Crippen molar-refractivity contribution in [3.8, 4) is 0 Å². The van der Waals surface area contributed by atoms with E-state index < -0.39 is 0 Å². The summed E-state index contributed by atoms with van der Waals surface area (Å²) in [4.78, 5) is 29.4. The fourth-order valence-electron chi connectivity index (χ4n) is 2.70. The highest BCUT2D eigenvalue weighted by atomic mass is 79.9. The lowest BCUT2D eigenvalue weighted by molar-refractivity contribution is 0.0525. The van der Waals surface area contributed by atoms with E-state index in [-0.39, 0.29) is 11.5 Å². The molecule has 0 atom stereocenters. The Balaban J connectivity index is 2.08. The van der Waals surface area contributed by atoms with Gasteiger partial charge in [-0.2, -0.15) is 0 Å². The first-order chi connectivity index (χ1) is 12.0. The molecule has 3 aromatic rings. The van der Waals surface area contributed by atoms with Gasteiger partial charge in [-0.3, -0.25) is 9.36 Å². The largest absolute Gasteiger partial charge is 0.462 e. The summed E-state index contributed by atoms with van der Waals surface area (Å²) in [7, 11) is 1.69. The Labute approximate surface area is 153 Å². The predicted molar refractivity (Wildman–Crippen MR) is 99.9 cm³/mol. The van der Waals surface area contributed by atoms with Crippen LogP contribution in [-0.2, 0) is 18.2 Å². The molecule has 0 aliphatic carbocycles.